The molecular formula is C21H25N3O2. The SMILES string of the molecule is NC1CCN(Cc2ccc(/C=C/C(=O)NOc3ccccc3)cc2)CC1. The zero-order valence-corrected chi connectivity index (χ0v) is 14.8. The van der Waals surface area contributed by atoms with Gasteiger partial charge < -0.3 is 10.6 Å². The number of benzene rings is 2. The van der Waals surface area contributed by atoms with Crippen molar-refractivity contribution < 1.29 is 9.63 Å². The normalized spacial score (nSPS) is 15.9. The molecule has 5 nitrogen and oxygen atoms in total. The van der Waals surface area contributed by atoms with Gasteiger partial charge in [-0.2, -0.15) is 5.48 Å². The summed E-state index contributed by atoms with van der Waals surface area (Å²) in [6, 6.07) is 17.7. The monoisotopic (exact) mass is 351 g/mol. The largest absolute Gasteiger partial charge is 0.379 e. The average Bonchev–Trinajstić information content (AvgIpc) is 2.68. The van der Waals surface area contributed by atoms with Crippen LogP contribution in [0.1, 0.15) is 24.0 Å². The van der Waals surface area contributed by atoms with Crippen molar-refractivity contribution in [2.75, 3.05) is 13.1 Å². The molecule has 1 aliphatic heterocycles. The van der Waals surface area contributed by atoms with Gasteiger partial charge in [-0.05, 0) is 55.3 Å². The smallest absolute Gasteiger partial charge is 0.276 e. The number of nitrogens with two attached hydrogens (primary N) is 1. The van der Waals surface area contributed by atoms with E-state index in [9.17, 15) is 4.79 Å². The lowest BCUT2D eigenvalue weighted by Gasteiger charge is -2.30. The molecule has 136 valence electrons. The second-order valence-corrected chi connectivity index (χ2v) is 6.57. The summed E-state index contributed by atoms with van der Waals surface area (Å²) < 4.78 is 0. The van der Waals surface area contributed by atoms with Crippen LogP contribution in [0.25, 0.3) is 6.08 Å². The van der Waals surface area contributed by atoms with Crippen LogP contribution >= 0.6 is 0 Å². The molecule has 5 heteroatoms. The van der Waals surface area contributed by atoms with Gasteiger partial charge in [0.25, 0.3) is 5.91 Å². The molecule has 1 amide bonds. The van der Waals surface area contributed by atoms with Gasteiger partial charge in [0.05, 0.1) is 0 Å². The van der Waals surface area contributed by atoms with Gasteiger partial charge in [0.1, 0.15) is 0 Å². The van der Waals surface area contributed by atoms with E-state index in [4.69, 9.17) is 10.6 Å². The summed E-state index contributed by atoms with van der Waals surface area (Å²) in [4.78, 5) is 19.4. The minimum Gasteiger partial charge on any atom is -0.379 e. The van der Waals surface area contributed by atoms with E-state index in [1.165, 1.54) is 11.6 Å². The van der Waals surface area contributed by atoms with E-state index >= 15 is 0 Å². The van der Waals surface area contributed by atoms with Crippen molar-refractivity contribution in [3.8, 4) is 5.75 Å². The topological polar surface area (TPSA) is 67.6 Å². The number of carbonyl (C=O) groups is 1. The third-order valence-corrected chi connectivity index (χ3v) is 4.46. The number of hydroxylamine groups is 1. The van der Waals surface area contributed by atoms with Crippen LogP contribution in [0.4, 0.5) is 0 Å². The molecule has 0 bridgehead atoms. The Labute approximate surface area is 154 Å². The summed E-state index contributed by atoms with van der Waals surface area (Å²) in [7, 11) is 0. The van der Waals surface area contributed by atoms with E-state index < -0.39 is 0 Å². The molecule has 1 saturated heterocycles. The van der Waals surface area contributed by atoms with Crippen molar-refractivity contribution in [2.24, 2.45) is 5.73 Å². The van der Waals surface area contributed by atoms with Gasteiger partial charge in [-0.25, -0.2) is 0 Å². The Balaban J connectivity index is 1.45. The van der Waals surface area contributed by atoms with Gasteiger partial charge in [0.15, 0.2) is 5.75 Å². The molecule has 0 atom stereocenters. The maximum atomic E-state index is 11.8. The minimum atomic E-state index is -0.303. The van der Waals surface area contributed by atoms with Crippen molar-refractivity contribution in [1.29, 1.82) is 0 Å². The first-order valence-corrected chi connectivity index (χ1v) is 8.96. The summed E-state index contributed by atoms with van der Waals surface area (Å²) in [6.07, 6.45) is 5.37. The molecule has 0 aromatic heterocycles. The molecule has 0 aliphatic carbocycles. The van der Waals surface area contributed by atoms with Gasteiger partial charge in [0.2, 0.25) is 0 Å². The molecule has 1 aliphatic rings. The number of hydrogen-bond acceptors (Lipinski definition) is 4. The van der Waals surface area contributed by atoms with Crippen molar-refractivity contribution in [1.82, 2.24) is 10.4 Å². The van der Waals surface area contributed by atoms with Crippen LogP contribution in [0.15, 0.2) is 60.7 Å². The Morgan fingerprint density at radius 2 is 1.81 bits per heavy atom. The van der Waals surface area contributed by atoms with E-state index in [2.05, 4.69) is 22.5 Å². The van der Waals surface area contributed by atoms with Crippen LogP contribution in [-0.4, -0.2) is 29.9 Å². The van der Waals surface area contributed by atoms with Crippen LogP contribution in [0.3, 0.4) is 0 Å². The van der Waals surface area contributed by atoms with Crippen molar-refractivity contribution in [3.05, 3.63) is 71.8 Å². The van der Waals surface area contributed by atoms with Gasteiger partial charge in [-0.15, -0.1) is 0 Å². The fourth-order valence-corrected chi connectivity index (χ4v) is 2.91. The van der Waals surface area contributed by atoms with Gasteiger partial charge in [0, 0.05) is 18.7 Å². The fourth-order valence-electron chi connectivity index (χ4n) is 2.91. The highest BCUT2D eigenvalue weighted by molar-refractivity contribution is 5.91. The molecule has 1 fully saturated rings. The first-order valence-electron chi connectivity index (χ1n) is 8.96. The Morgan fingerprint density at radius 1 is 1.12 bits per heavy atom. The lowest BCUT2D eigenvalue weighted by atomic mass is 10.0. The van der Waals surface area contributed by atoms with Gasteiger partial charge in [-0.1, -0.05) is 42.5 Å². The number of para-hydroxylation sites is 1. The van der Waals surface area contributed by atoms with Crippen molar-refractivity contribution in [2.45, 2.75) is 25.4 Å². The predicted octanol–water partition coefficient (Wildman–Crippen LogP) is 2.73. The molecule has 1 heterocycles. The number of piperidine rings is 1. The number of amides is 1. The lowest BCUT2D eigenvalue weighted by Crippen LogP contribution is -2.39. The van der Waals surface area contributed by atoms with Gasteiger partial charge >= 0.3 is 0 Å². The summed E-state index contributed by atoms with van der Waals surface area (Å²) in [5.74, 6) is 0.292. The average molecular weight is 351 g/mol. The summed E-state index contributed by atoms with van der Waals surface area (Å²) in [5, 5.41) is 0. The Hall–Kier alpha value is -2.63. The molecule has 3 rings (SSSR count). The number of rotatable bonds is 6. The van der Waals surface area contributed by atoms with E-state index in [0.717, 1.165) is 38.0 Å². The van der Waals surface area contributed by atoms with E-state index in [1.807, 2.05) is 30.3 Å². The summed E-state index contributed by atoms with van der Waals surface area (Å²) in [5.41, 5.74) is 10.6. The van der Waals surface area contributed by atoms with E-state index in [-0.39, 0.29) is 5.91 Å². The lowest BCUT2D eigenvalue weighted by molar-refractivity contribution is -0.122. The highest BCUT2D eigenvalue weighted by atomic mass is 16.7. The standard InChI is InChI=1S/C21H25N3O2/c22-19-12-14-24(15-13-19)16-18-8-6-17(7-9-18)10-11-21(25)23-26-20-4-2-1-3-5-20/h1-11,19H,12-16,22H2,(H,23,25)/b11-10+. The van der Waals surface area contributed by atoms with Gasteiger partial charge in [-0.3, -0.25) is 9.69 Å². The fraction of sp³-hybridized carbons (Fsp3) is 0.286. The second-order valence-electron chi connectivity index (χ2n) is 6.57. The highest BCUT2D eigenvalue weighted by Crippen LogP contribution is 2.14. The molecule has 2 aromatic rings. The number of hydrogen-bond donors (Lipinski definition) is 2. The second kappa shape index (κ2) is 9.17. The van der Waals surface area contributed by atoms with Crippen molar-refractivity contribution in [3.63, 3.8) is 0 Å². The van der Waals surface area contributed by atoms with Crippen LogP contribution in [-0.2, 0) is 11.3 Å². The third-order valence-electron chi connectivity index (χ3n) is 4.46. The first-order chi connectivity index (χ1) is 12.7. The number of nitrogens with one attached hydrogen (secondary N) is 1. The first kappa shape index (κ1) is 18.2. The van der Waals surface area contributed by atoms with Crippen molar-refractivity contribution >= 4 is 12.0 Å². The molecule has 2 aromatic carbocycles. The number of nitrogens with zero attached hydrogens (tertiary/aromatic N) is 1. The number of likely N-dealkylation sites (tertiary alicyclic amines) is 1. The maximum Gasteiger partial charge on any atom is 0.276 e. The summed E-state index contributed by atoms with van der Waals surface area (Å²) in [6.45, 7) is 3.07. The maximum absolute atomic E-state index is 11.8. The molecule has 0 radical (unpaired) electrons. The third kappa shape index (κ3) is 5.72. The zero-order valence-electron chi connectivity index (χ0n) is 14.8. The quantitative estimate of drug-likeness (QED) is 0.620. The molecule has 0 unspecified atom stereocenters. The van der Waals surface area contributed by atoms with Crippen LogP contribution in [0.2, 0.25) is 0 Å². The predicted molar refractivity (Wildman–Crippen MR) is 103 cm³/mol. The Bertz CT molecular complexity index is 721. The molecule has 3 N–H and O–H groups in total. The summed E-state index contributed by atoms with van der Waals surface area (Å²) >= 11 is 0. The minimum absolute atomic E-state index is 0.303. The van der Waals surface area contributed by atoms with Crippen LogP contribution in [0.5, 0.6) is 5.75 Å². The molecule has 26 heavy (non-hydrogen) atoms. The highest BCUT2D eigenvalue weighted by Gasteiger charge is 2.15. The number of carbonyl (C=O) groups excluding carboxylic acids is 1. The molecule has 0 spiro atoms. The molecular weight excluding hydrogens is 326 g/mol. The van der Waals surface area contributed by atoms with Crippen LogP contribution < -0.4 is 16.1 Å². The van der Waals surface area contributed by atoms with E-state index in [1.54, 1.807) is 18.2 Å². The Kier molecular flexibility index (Phi) is 6.41. The van der Waals surface area contributed by atoms with E-state index in [0.29, 0.717) is 11.8 Å². The van der Waals surface area contributed by atoms with Crippen LogP contribution in [0, 0.1) is 0 Å². The Morgan fingerprint density at radius 3 is 2.50 bits per heavy atom. The molecule has 0 saturated carbocycles. The zero-order chi connectivity index (χ0) is 18.2.